The highest BCUT2D eigenvalue weighted by Crippen LogP contribution is 2.34. The van der Waals surface area contributed by atoms with Crippen LogP contribution in [0.25, 0.3) is 11.4 Å². The van der Waals surface area contributed by atoms with Gasteiger partial charge in [-0.25, -0.2) is 4.98 Å². The fourth-order valence-corrected chi connectivity index (χ4v) is 1.92. The number of carbonyl (C=O) groups excluding carboxylic acids is 2. The van der Waals surface area contributed by atoms with Crippen LogP contribution in [0.2, 0.25) is 0 Å². The standard InChI is InChI=1S/C14H12N4O4/c15-9(19)6-16-13(20)10-11-14(22-7-21-11)18-12(17-10)8-4-2-1-3-5-8/h1-5H,6-7H2,(H2,15,19)(H,16,20). The van der Waals surface area contributed by atoms with Crippen molar-refractivity contribution in [2.45, 2.75) is 0 Å². The molecule has 2 amide bonds. The third-order valence-corrected chi connectivity index (χ3v) is 2.90. The van der Waals surface area contributed by atoms with Gasteiger partial charge < -0.3 is 20.5 Å². The number of ether oxygens (including phenoxy) is 2. The van der Waals surface area contributed by atoms with Crippen LogP contribution in [0, 0.1) is 0 Å². The van der Waals surface area contributed by atoms with Gasteiger partial charge in [-0.2, -0.15) is 4.98 Å². The van der Waals surface area contributed by atoms with Crippen molar-refractivity contribution in [3.63, 3.8) is 0 Å². The lowest BCUT2D eigenvalue weighted by Gasteiger charge is -2.07. The summed E-state index contributed by atoms with van der Waals surface area (Å²) in [5.41, 5.74) is 5.74. The van der Waals surface area contributed by atoms with E-state index in [1.807, 2.05) is 30.3 Å². The zero-order valence-electron chi connectivity index (χ0n) is 11.4. The molecule has 0 spiro atoms. The zero-order chi connectivity index (χ0) is 15.5. The molecule has 0 fully saturated rings. The highest BCUT2D eigenvalue weighted by molar-refractivity contribution is 5.98. The molecule has 0 radical (unpaired) electrons. The van der Waals surface area contributed by atoms with Gasteiger partial charge >= 0.3 is 0 Å². The minimum absolute atomic E-state index is 0.00241. The second-order valence-corrected chi connectivity index (χ2v) is 4.45. The first kappa shape index (κ1) is 13.8. The van der Waals surface area contributed by atoms with E-state index < -0.39 is 11.8 Å². The third kappa shape index (κ3) is 2.66. The Balaban J connectivity index is 2.00. The van der Waals surface area contributed by atoms with E-state index in [-0.39, 0.29) is 30.7 Å². The quantitative estimate of drug-likeness (QED) is 0.826. The second-order valence-electron chi connectivity index (χ2n) is 4.45. The number of nitrogens with one attached hydrogen (secondary N) is 1. The predicted molar refractivity (Wildman–Crippen MR) is 75.1 cm³/mol. The number of primary amides is 1. The van der Waals surface area contributed by atoms with Crippen LogP contribution in [-0.2, 0) is 4.79 Å². The highest BCUT2D eigenvalue weighted by Gasteiger charge is 2.27. The SMILES string of the molecule is NC(=O)CNC(=O)c1nc(-c2ccccc2)nc2c1OCO2. The molecule has 1 aliphatic heterocycles. The largest absolute Gasteiger partial charge is 0.449 e. The van der Waals surface area contributed by atoms with Crippen molar-refractivity contribution in [3.05, 3.63) is 36.0 Å². The van der Waals surface area contributed by atoms with Crippen molar-refractivity contribution in [2.75, 3.05) is 13.3 Å². The lowest BCUT2D eigenvalue weighted by Crippen LogP contribution is -2.34. The van der Waals surface area contributed by atoms with Gasteiger partial charge in [-0.3, -0.25) is 9.59 Å². The van der Waals surface area contributed by atoms with Gasteiger partial charge in [0.05, 0.1) is 6.54 Å². The maximum atomic E-state index is 12.1. The first-order chi connectivity index (χ1) is 10.6. The minimum atomic E-state index is -0.653. The molecule has 3 N–H and O–H groups in total. The van der Waals surface area contributed by atoms with E-state index in [2.05, 4.69) is 15.3 Å². The van der Waals surface area contributed by atoms with Crippen molar-refractivity contribution in [1.82, 2.24) is 15.3 Å². The molecule has 0 saturated heterocycles. The third-order valence-electron chi connectivity index (χ3n) is 2.90. The molecule has 0 atom stereocenters. The number of hydrogen-bond acceptors (Lipinski definition) is 6. The van der Waals surface area contributed by atoms with Crippen molar-refractivity contribution in [1.29, 1.82) is 0 Å². The lowest BCUT2D eigenvalue weighted by atomic mass is 10.2. The average molecular weight is 300 g/mol. The summed E-state index contributed by atoms with van der Waals surface area (Å²) in [4.78, 5) is 31.4. The van der Waals surface area contributed by atoms with Crippen LogP contribution in [0.15, 0.2) is 30.3 Å². The van der Waals surface area contributed by atoms with Crippen molar-refractivity contribution in [2.24, 2.45) is 5.73 Å². The highest BCUT2D eigenvalue weighted by atomic mass is 16.7. The van der Waals surface area contributed by atoms with Crippen molar-refractivity contribution in [3.8, 4) is 23.0 Å². The number of benzene rings is 1. The van der Waals surface area contributed by atoms with E-state index in [4.69, 9.17) is 15.2 Å². The molecule has 3 rings (SSSR count). The fourth-order valence-electron chi connectivity index (χ4n) is 1.92. The molecule has 2 aromatic rings. The number of nitrogens with zero attached hydrogens (tertiary/aromatic N) is 2. The van der Waals surface area contributed by atoms with Crippen molar-refractivity contribution >= 4 is 11.8 Å². The Morgan fingerprint density at radius 2 is 1.95 bits per heavy atom. The molecule has 1 aliphatic rings. The fraction of sp³-hybridized carbons (Fsp3) is 0.143. The zero-order valence-corrected chi connectivity index (χ0v) is 11.4. The summed E-state index contributed by atoms with van der Waals surface area (Å²) in [6.45, 7) is -0.336. The molecular formula is C14H12N4O4. The lowest BCUT2D eigenvalue weighted by molar-refractivity contribution is -0.117. The van der Waals surface area contributed by atoms with Crippen molar-refractivity contribution < 1.29 is 19.1 Å². The molecule has 112 valence electrons. The summed E-state index contributed by atoms with van der Waals surface area (Å²) in [7, 11) is 0. The molecule has 1 aromatic carbocycles. The van der Waals surface area contributed by atoms with Gasteiger partial charge in [-0.15, -0.1) is 0 Å². The van der Waals surface area contributed by atoms with Gasteiger partial charge in [0, 0.05) is 5.56 Å². The molecule has 0 saturated carbocycles. The normalized spacial score (nSPS) is 12.0. The number of aromatic nitrogens is 2. The number of amides is 2. The molecule has 2 heterocycles. The summed E-state index contributed by atoms with van der Waals surface area (Å²) >= 11 is 0. The Morgan fingerprint density at radius 3 is 2.68 bits per heavy atom. The van der Waals surface area contributed by atoms with E-state index in [9.17, 15) is 9.59 Å². The van der Waals surface area contributed by atoms with Crippen LogP contribution in [-0.4, -0.2) is 35.1 Å². The van der Waals surface area contributed by atoms with E-state index in [1.54, 1.807) is 0 Å². The van der Waals surface area contributed by atoms with Crippen LogP contribution in [0.3, 0.4) is 0 Å². The van der Waals surface area contributed by atoms with Crippen LogP contribution in [0.5, 0.6) is 11.6 Å². The summed E-state index contributed by atoms with van der Waals surface area (Å²) in [6, 6.07) is 9.13. The summed E-state index contributed by atoms with van der Waals surface area (Å²) in [5.74, 6) is -0.562. The Labute approximate surface area is 125 Å². The van der Waals surface area contributed by atoms with Crippen LogP contribution >= 0.6 is 0 Å². The second kappa shape index (κ2) is 5.68. The van der Waals surface area contributed by atoms with Gasteiger partial charge in [0.15, 0.2) is 11.5 Å². The first-order valence-electron chi connectivity index (χ1n) is 6.44. The minimum Gasteiger partial charge on any atom is -0.449 e. The molecule has 8 heteroatoms. The number of carbonyl (C=O) groups is 2. The maximum Gasteiger partial charge on any atom is 0.274 e. The predicted octanol–water partition coefficient (Wildman–Crippen LogP) is 0.0874. The maximum absolute atomic E-state index is 12.1. The van der Waals surface area contributed by atoms with Gasteiger partial charge in [-0.1, -0.05) is 30.3 Å². The number of rotatable bonds is 4. The first-order valence-corrected chi connectivity index (χ1v) is 6.44. The van der Waals surface area contributed by atoms with E-state index in [1.165, 1.54) is 0 Å². The molecule has 0 bridgehead atoms. The molecule has 22 heavy (non-hydrogen) atoms. The average Bonchev–Trinajstić information content (AvgIpc) is 3.01. The molecule has 8 nitrogen and oxygen atoms in total. The Hall–Kier alpha value is -3.16. The van der Waals surface area contributed by atoms with Gasteiger partial charge in [0.25, 0.3) is 11.8 Å². The van der Waals surface area contributed by atoms with Crippen LogP contribution in [0.4, 0.5) is 0 Å². The molecule has 0 aliphatic carbocycles. The van der Waals surface area contributed by atoms with Crippen LogP contribution in [0.1, 0.15) is 10.5 Å². The van der Waals surface area contributed by atoms with E-state index in [0.717, 1.165) is 5.56 Å². The number of hydrogen-bond donors (Lipinski definition) is 2. The number of nitrogens with two attached hydrogens (primary N) is 1. The summed E-state index contributed by atoms with van der Waals surface area (Å²) in [6.07, 6.45) is 0. The Kier molecular flexibility index (Phi) is 3.57. The topological polar surface area (TPSA) is 116 Å². The van der Waals surface area contributed by atoms with E-state index in [0.29, 0.717) is 5.82 Å². The Morgan fingerprint density at radius 1 is 1.18 bits per heavy atom. The van der Waals surface area contributed by atoms with Gasteiger partial charge in [0.2, 0.25) is 18.4 Å². The summed E-state index contributed by atoms with van der Waals surface area (Å²) < 4.78 is 10.5. The van der Waals surface area contributed by atoms with Crippen LogP contribution < -0.4 is 20.5 Å². The monoisotopic (exact) mass is 300 g/mol. The van der Waals surface area contributed by atoms with Gasteiger partial charge in [-0.05, 0) is 0 Å². The molecule has 0 unspecified atom stereocenters. The van der Waals surface area contributed by atoms with Gasteiger partial charge in [0.1, 0.15) is 0 Å². The summed E-state index contributed by atoms with van der Waals surface area (Å²) in [5, 5.41) is 2.37. The van der Waals surface area contributed by atoms with E-state index >= 15 is 0 Å². The molecule has 1 aromatic heterocycles. The molecular weight excluding hydrogens is 288 g/mol. The Bertz CT molecular complexity index is 733. The number of fused-ring (bicyclic) bond motifs is 1. The smallest absolute Gasteiger partial charge is 0.274 e.